The van der Waals surface area contributed by atoms with Crippen LogP contribution in [0.5, 0.6) is 0 Å². The number of hydrogen-bond acceptors (Lipinski definition) is 5. The lowest BCUT2D eigenvalue weighted by molar-refractivity contribution is -0.131. The smallest absolute Gasteiger partial charge is 0.325 e. The summed E-state index contributed by atoms with van der Waals surface area (Å²) in [6, 6.07) is 3.82. The van der Waals surface area contributed by atoms with Crippen LogP contribution < -0.4 is 10.6 Å². The third kappa shape index (κ3) is 4.08. The number of piperidine rings is 1. The molecule has 2 fully saturated rings. The van der Waals surface area contributed by atoms with Crippen LogP contribution in [0.1, 0.15) is 17.7 Å². The molecule has 0 aliphatic carbocycles. The number of likely N-dealkylation sites (tertiary alicyclic amines) is 1. The molecule has 0 aromatic carbocycles. The zero-order valence-corrected chi connectivity index (χ0v) is 13.6. The summed E-state index contributed by atoms with van der Waals surface area (Å²) in [5.41, 5.74) is 0. The second-order valence-corrected chi connectivity index (χ2v) is 6.87. The number of nitrogens with zero attached hydrogens (tertiary/aromatic N) is 2. The van der Waals surface area contributed by atoms with Crippen LogP contribution in [-0.4, -0.2) is 59.9 Å². The molecule has 0 bridgehead atoms. The minimum absolute atomic E-state index is 0.0206. The predicted octanol–water partition coefficient (Wildman–Crippen LogP) is 0.381. The minimum atomic E-state index is -0.490. The molecule has 8 heteroatoms. The number of thiophene rings is 1. The van der Waals surface area contributed by atoms with Crippen molar-refractivity contribution in [1.82, 2.24) is 20.4 Å². The second-order valence-electron chi connectivity index (χ2n) is 5.84. The van der Waals surface area contributed by atoms with E-state index in [1.165, 1.54) is 4.88 Å². The van der Waals surface area contributed by atoms with E-state index in [9.17, 15) is 14.4 Å². The van der Waals surface area contributed by atoms with Gasteiger partial charge in [0.25, 0.3) is 5.91 Å². The first-order valence-electron chi connectivity index (χ1n) is 7.74. The van der Waals surface area contributed by atoms with Gasteiger partial charge in [0.2, 0.25) is 5.91 Å². The zero-order valence-electron chi connectivity index (χ0n) is 12.8. The summed E-state index contributed by atoms with van der Waals surface area (Å²) >= 11 is 1.76. The van der Waals surface area contributed by atoms with E-state index in [2.05, 4.69) is 33.0 Å². The van der Waals surface area contributed by atoms with Crippen molar-refractivity contribution in [3.63, 3.8) is 0 Å². The van der Waals surface area contributed by atoms with Gasteiger partial charge < -0.3 is 10.6 Å². The van der Waals surface area contributed by atoms with Gasteiger partial charge in [-0.15, -0.1) is 11.3 Å². The van der Waals surface area contributed by atoms with Gasteiger partial charge in [0, 0.05) is 30.6 Å². The Bertz CT molecular complexity index is 566. The van der Waals surface area contributed by atoms with Crippen molar-refractivity contribution < 1.29 is 14.4 Å². The maximum absolute atomic E-state index is 12.0. The predicted molar refractivity (Wildman–Crippen MR) is 85.9 cm³/mol. The maximum atomic E-state index is 12.0. The molecular weight excluding hydrogens is 316 g/mol. The van der Waals surface area contributed by atoms with E-state index >= 15 is 0 Å². The summed E-state index contributed by atoms with van der Waals surface area (Å²) in [6.45, 7) is 2.62. The fourth-order valence-corrected chi connectivity index (χ4v) is 3.64. The molecule has 4 amide bonds. The average Bonchev–Trinajstić information content (AvgIpc) is 3.14. The molecule has 0 unspecified atom stereocenters. The third-order valence-corrected chi connectivity index (χ3v) is 5.01. The van der Waals surface area contributed by atoms with E-state index in [-0.39, 0.29) is 30.9 Å². The lowest BCUT2D eigenvalue weighted by atomic mass is 10.0. The highest BCUT2D eigenvalue weighted by Crippen LogP contribution is 2.16. The Labute approximate surface area is 138 Å². The van der Waals surface area contributed by atoms with E-state index in [1.54, 1.807) is 11.3 Å². The Morgan fingerprint density at radius 2 is 2.13 bits per heavy atom. The van der Waals surface area contributed by atoms with Gasteiger partial charge in [-0.25, -0.2) is 4.79 Å². The number of rotatable bonds is 5. The Morgan fingerprint density at radius 3 is 2.74 bits per heavy atom. The van der Waals surface area contributed by atoms with Gasteiger partial charge in [-0.05, 0) is 24.3 Å². The Morgan fingerprint density at radius 1 is 1.35 bits per heavy atom. The van der Waals surface area contributed by atoms with Crippen LogP contribution in [0.25, 0.3) is 0 Å². The molecule has 124 valence electrons. The lowest BCUT2D eigenvalue weighted by Crippen LogP contribution is -2.48. The number of amides is 4. The van der Waals surface area contributed by atoms with Crippen LogP contribution >= 0.6 is 11.3 Å². The molecule has 2 N–H and O–H groups in total. The van der Waals surface area contributed by atoms with Gasteiger partial charge in [0.1, 0.15) is 6.54 Å². The summed E-state index contributed by atoms with van der Waals surface area (Å²) < 4.78 is 0. The maximum Gasteiger partial charge on any atom is 0.325 e. The quantitative estimate of drug-likeness (QED) is 0.762. The Hall–Kier alpha value is -1.93. The molecule has 0 saturated carbocycles. The van der Waals surface area contributed by atoms with Crippen LogP contribution in [0.2, 0.25) is 0 Å². The second kappa shape index (κ2) is 7.10. The number of hydrogen-bond donors (Lipinski definition) is 2. The largest absolute Gasteiger partial charge is 0.352 e. The van der Waals surface area contributed by atoms with Crippen molar-refractivity contribution in [3.05, 3.63) is 22.4 Å². The normalized spacial score (nSPS) is 19.9. The number of carbonyl (C=O) groups excluding carboxylic acids is 3. The van der Waals surface area contributed by atoms with Gasteiger partial charge in [-0.1, -0.05) is 6.07 Å². The number of imide groups is 1. The molecule has 7 nitrogen and oxygen atoms in total. The standard InChI is InChI=1S/C15H20N4O3S/c20-13(10-19-14(21)8-16-15(19)22)17-11-3-5-18(6-4-11)9-12-2-1-7-23-12/h1-2,7,11H,3-6,8-10H2,(H,16,22)(H,17,20). The van der Waals surface area contributed by atoms with Gasteiger partial charge in [0.15, 0.2) is 0 Å². The fourth-order valence-electron chi connectivity index (χ4n) is 2.89. The van der Waals surface area contributed by atoms with Crippen LogP contribution in [0.4, 0.5) is 4.79 Å². The molecule has 0 radical (unpaired) electrons. The van der Waals surface area contributed by atoms with E-state index in [4.69, 9.17) is 0 Å². The zero-order chi connectivity index (χ0) is 16.2. The molecule has 0 spiro atoms. The molecule has 2 aliphatic heterocycles. The van der Waals surface area contributed by atoms with Crippen molar-refractivity contribution >= 4 is 29.2 Å². The number of nitrogens with one attached hydrogen (secondary N) is 2. The molecule has 2 saturated heterocycles. The number of carbonyl (C=O) groups is 3. The average molecular weight is 336 g/mol. The van der Waals surface area contributed by atoms with Crippen LogP contribution in [-0.2, 0) is 16.1 Å². The van der Waals surface area contributed by atoms with E-state index in [0.29, 0.717) is 0 Å². The highest BCUT2D eigenvalue weighted by Gasteiger charge is 2.31. The Kier molecular flexibility index (Phi) is 4.92. The van der Waals surface area contributed by atoms with Crippen molar-refractivity contribution in [2.75, 3.05) is 26.2 Å². The summed E-state index contributed by atoms with van der Waals surface area (Å²) in [4.78, 5) is 39.6. The summed E-state index contributed by atoms with van der Waals surface area (Å²) in [5, 5.41) is 7.42. The molecule has 1 aromatic heterocycles. The third-order valence-electron chi connectivity index (χ3n) is 4.15. The van der Waals surface area contributed by atoms with E-state index in [0.717, 1.165) is 37.4 Å². The van der Waals surface area contributed by atoms with Crippen LogP contribution in [0, 0.1) is 0 Å². The highest BCUT2D eigenvalue weighted by atomic mass is 32.1. The van der Waals surface area contributed by atoms with E-state index in [1.807, 2.05) is 0 Å². The van der Waals surface area contributed by atoms with Crippen molar-refractivity contribution in [3.8, 4) is 0 Å². The van der Waals surface area contributed by atoms with Gasteiger partial charge >= 0.3 is 6.03 Å². The molecule has 1 aromatic rings. The SMILES string of the molecule is O=C(CN1C(=O)CNC1=O)NC1CCN(Cc2cccs2)CC1. The highest BCUT2D eigenvalue weighted by molar-refractivity contribution is 7.09. The first-order valence-corrected chi connectivity index (χ1v) is 8.62. The molecule has 3 heterocycles. The summed E-state index contributed by atoms with van der Waals surface area (Å²) in [5.74, 6) is -0.622. The van der Waals surface area contributed by atoms with Crippen molar-refractivity contribution in [1.29, 1.82) is 0 Å². The van der Waals surface area contributed by atoms with Gasteiger partial charge in [-0.3, -0.25) is 19.4 Å². The van der Waals surface area contributed by atoms with Crippen molar-refractivity contribution in [2.24, 2.45) is 0 Å². The van der Waals surface area contributed by atoms with Gasteiger partial charge in [-0.2, -0.15) is 0 Å². The van der Waals surface area contributed by atoms with Crippen LogP contribution in [0.3, 0.4) is 0 Å². The topological polar surface area (TPSA) is 81.8 Å². The molecule has 0 atom stereocenters. The van der Waals surface area contributed by atoms with Crippen molar-refractivity contribution in [2.45, 2.75) is 25.4 Å². The molecular formula is C15H20N4O3S. The molecule has 23 heavy (non-hydrogen) atoms. The first-order chi connectivity index (χ1) is 11.1. The molecule has 2 aliphatic rings. The Balaban J connectivity index is 1.41. The lowest BCUT2D eigenvalue weighted by Gasteiger charge is -2.32. The van der Waals surface area contributed by atoms with Gasteiger partial charge in [0.05, 0.1) is 6.54 Å². The van der Waals surface area contributed by atoms with E-state index < -0.39 is 6.03 Å². The summed E-state index contributed by atoms with van der Waals surface area (Å²) in [7, 11) is 0. The fraction of sp³-hybridized carbons (Fsp3) is 0.533. The molecule has 3 rings (SSSR count). The monoisotopic (exact) mass is 336 g/mol. The first kappa shape index (κ1) is 15.9. The number of urea groups is 1. The summed E-state index contributed by atoms with van der Waals surface area (Å²) in [6.07, 6.45) is 1.77. The minimum Gasteiger partial charge on any atom is -0.352 e. The van der Waals surface area contributed by atoms with Crippen LogP contribution in [0.15, 0.2) is 17.5 Å².